The first-order valence-corrected chi connectivity index (χ1v) is 9.28. The van der Waals surface area contributed by atoms with Crippen LogP contribution >= 0.6 is 12.2 Å². The van der Waals surface area contributed by atoms with E-state index < -0.39 is 23.2 Å². The Labute approximate surface area is 162 Å². The van der Waals surface area contributed by atoms with Crippen molar-refractivity contribution in [2.45, 2.75) is 44.7 Å². The lowest BCUT2D eigenvalue weighted by Gasteiger charge is -2.43. The van der Waals surface area contributed by atoms with Crippen LogP contribution in [-0.2, 0) is 4.79 Å². The van der Waals surface area contributed by atoms with Gasteiger partial charge in [0, 0.05) is 12.7 Å². The first kappa shape index (κ1) is 19.2. The van der Waals surface area contributed by atoms with Crippen LogP contribution in [0.15, 0.2) is 18.2 Å². The molecule has 27 heavy (non-hydrogen) atoms. The Balaban J connectivity index is 2.03. The fraction of sp³-hybridized carbons (Fsp3) is 0.474. The van der Waals surface area contributed by atoms with E-state index in [1.54, 1.807) is 24.8 Å². The highest BCUT2D eigenvalue weighted by molar-refractivity contribution is 7.80. The van der Waals surface area contributed by atoms with Gasteiger partial charge in [-0.05, 0) is 63.5 Å². The summed E-state index contributed by atoms with van der Waals surface area (Å²) in [7, 11) is 1.43. The first-order valence-electron chi connectivity index (χ1n) is 8.87. The van der Waals surface area contributed by atoms with Crippen molar-refractivity contribution >= 4 is 34.8 Å². The summed E-state index contributed by atoms with van der Waals surface area (Å²) in [4.78, 5) is 28.1. The van der Waals surface area contributed by atoms with Crippen molar-refractivity contribution in [3.05, 3.63) is 29.6 Å². The summed E-state index contributed by atoms with van der Waals surface area (Å²) in [5.41, 5.74) is -0.442. The minimum atomic E-state index is -0.818. The summed E-state index contributed by atoms with van der Waals surface area (Å²) in [5.74, 6) is -1.72. The van der Waals surface area contributed by atoms with Crippen molar-refractivity contribution in [1.82, 2.24) is 10.2 Å². The second kappa shape index (κ2) is 6.89. The maximum atomic E-state index is 14.5. The van der Waals surface area contributed by atoms with Crippen molar-refractivity contribution in [1.29, 1.82) is 5.26 Å². The lowest BCUT2D eigenvalue weighted by molar-refractivity contribution is -0.134. The van der Waals surface area contributed by atoms with Gasteiger partial charge in [-0.15, -0.1) is 0 Å². The van der Waals surface area contributed by atoms with Crippen molar-refractivity contribution < 1.29 is 14.0 Å². The van der Waals surface area contributed by atoms with Gasteiger partial charge in [-0.2, -0.15) is 5.26 Å². The maximum Gasteiger partial charge on any atom is 0.255 e. The SMILES string of the molecule is CNC(=O)c1ccc(N2C(=S)N([C@@H](C)C(C)C#N)C(=O)C23CCC3)cc1F. The van der Waals surface area contributed by atoms with Crippen LogP contribution in [0, 0.1) is 23.1 Å². The highest BCUT2D eigenvalue weighted by Gasteiger charge is 2.60. The largest absolute Gasteiger partial charge is 0.355 e. The number of nitriles is 1. The highest BCUT2D eigenvalue weighted by Crippen LogP contribution is 2.47. The van der Waals surface area contributed by atoms with E-state index in [-0.39, 0.29) is 22.6 Å². The fourth-order valence-corrected chi connectivity index (χ4v) is 4.19. The van der Waals surface area contributed by atoms with Gasteiger partial charge in [-0.3, -0.25) is 14.5 Å². The van der Waals surface area contributed by atoms with E-state index in [1.807, 2.05) is 0 Å². The second-order valence-corrected chi connectivity index (χ2v) is 7.45. The van der Waals surface area contributed by atoms with Crippen molar-refractivity contribution in [3.63, 3.8) is 0 Å². The molecule has 1 aromatic carbocycles. The molecule has 2 atom stereocenters. The third-order valence-electron chi connectivity index (χ3n) is 5.64. The van der Waals surface area contributed by atoms with Gasteiger partial charge in [0.1, 0.15) is 11.4 Å². The Hall–Kier alpha value is -2.53. The third kappa shape index (κ3) is 2.77. The van der Waals surface area contributed by atoms with Gasteiger partial charge in [-0.1, -0.05) is 0 Å². The van der Waals surface area contributed by atoms with Crippen molar-refractivity contribution in [2.75, 3.05) is 11.9 Å². The Morgan fingerprint density at radius 3 is 2.56 bits per heavy atom. The lowest BCUT2D eigenvalue weighted by Crippen LogP contribution is -2.55. The number of amides is 2. The minimum Gasteiger partial charge on any atom is -0.355 e. The molecule has 2 fully saturated rings. The molecule has 1 saturated heterocycles. The fourth-order valence-electron chi connectivity index (χ4n) is 3.66. The van der Waals surface area contributed by atoms with Gasteiger partial charge in [0.15, 0.2) is 5.11 Å². The predicted molar refractivity (Wildman–Crippen MR) is 103 cm³/mol. The average Bonchev–Trinajstić information content (AvgIpc) is 2.86. The Morgan fingerprint density at radius 2 is 2.07 bits per heavy atom. The summed E-state index contributed by atoms with van der Waals surface area (Å²) in [6.07, 6.45) is 2.11. The Bertz CT molecular complexity index is 862. The zero-order valence-electron chi connectivity index (χ0n) is 15.5. The zero-order chi connectivity index (χ0) is 19.9. The third-order valence-corrected chi connectivity index (χ3v) is 6.02. The van der Waals surface area contributed by atoms with E-state index >= 15 is 0 Å². The zero-order valence-corrected chi connectivity index (χ0v) is 16.3. The van der Waals surface area contributed by atoms with Crippen molar-refractivity contribution in [2.24, 2.45) is 5.92 Å². The van der Waals surface area contributed by atoms with Crippen LogP contribution in [0.25, 0.3) is 0 Å². The smallest absolute Gasteiger partial charge is 0.255 e. The van der Waals surface area contributed by atoms with E-state index in [2.05, 4.69) is 11.4 Å². The van der Waals surface area contributed by atoms with Crippen LogP contribution in [0.4, 0.5) is 10.1 Å². The molecular weight excluding hydrogens is 367 g/mol. The van der Waals surface area contributed by atoms with Gasteiger partial charge in [0.2, 0.25) is 0 Å². The molecule has 1 unspecified atom stereocenters. The Kier molecular flexibility index (Phi) is 4.91. The number of benzene rings is 1. The van der Waals surface area contributed by atoms with Gasteiger partial charge in [0.25, 0.3) is 11.8 Å². The minimum absolute atomic E-state index is 0.0660. The summed E-state index contributed by atoms with van der Waals surface area (Å²) < 4.78 is 14.5. The molecule has 0 radical (unpaired) electrons. The number of anilines is 1. The number of thiocarbonyl (C=S) groups is 1. The molecule has 0 aromatic heterocycles. The normalized spacial score (nSPS) is 20.3. The number of hydrogen-bond donors (Lipinski definition) is 1. The molecule has 1 aliphatic carbocycles. The van der Waals surface area contributed by atoms with Gasteiger partial charge in [-0.25, -0.2) is 4.39 Å². The molecule has 3 rings (SSSR count). The number of nitrogens with zero attached hydrogens (tertiary/aromatic N) is 3. The summed E-state index contributed by atoms with van der Waals surface area (Å²) in [5, 5.41) is 11.9. The summed E-state index contributed by atoms with van der Waals surface area (Å²) >= 11 is 5.58. The van der Waals surface area contributed by atoms with Crippen molar-refractivity contribution in [3.8, 4) is 6.07 Å². The molecule has 0 bridgehead atoms. The summed E-state index contributed by atoms with van der Waals surface area (Å²) in [6.45, 7) is 3.54. The second-order valence-electron chi connectivity index (χ2n) is 7.08. The number of halogens is 1. The molecule has 1 spiro atoms. The topological polar surface area (TPSA) is 76.4 Å². The number of hydrogen-bond acceptors (Lipinski definition) is 4. The van der Waals surface area contributed by atoms with Crippen LogP contribution in [0.2, 0.25) is 0 Å². The lowest BCUT2D eigenvalue weighted by atomic mass is 9.75. The molecule has 1 N–H and O–H groups in total. The molecule has 1 aromatic rings. The van der Waals surface area contributed by atoms with E-state index in [0.29, 0.717) is 18.5 Å². The van der Waals surface area contributed by atoms with Gasteiger partial charge >= 0.3 is 0 Å². The van der Waals surface area contributed by atoms with Crippen LogP contribution in [0.1, 0.15) is 43.5 Å². The molecule has 8 heteroatoms. The van der Waals surface area contributed by atoms with E-state index in [9.17, 15) is 19.2 Å². The monoisotopic (exact) mass is 388 g/mol. The first-order chi connectivity index (χ1) is 12.8. The number of carbonyl (C=O) groups excluding carboxylic acids is 2. The highest BCUT2D eigenvalue weighted by atomic mass is 32.1. The molecule has 1 aliphatic heterocycles. The van der Waals surface area contributed by atoms with E-state index in [1.165, 1.54) is 24.1 Å². The molecule has 6 nitrogen and oxygen atoms in total. The van der Waals surface area contributed by atoms with Gasteiger partial charge in [0.05, 0.1) is 23.6 Å². The number of carbonyl (C=O) groups is 2. The molecule has 1 saturated carbocycles. The van der Waals surface area contributed by atoms with E-state index in [0.717, 1.165) is 6.42 Å². The quantitative estimate of drug-likeness (QED) is 0.803. The van der Waals surface area contributed by atoms with Crippen LogP contribution in [-0.4, -0.2) is 40.5 Å². The maximum absolute atomic E-state index is 14.5. The number of rotatable bonds is 4. The molecule has 142 valence electrons. The Morgan fingerprint density at radius 1 is 1.41 bits per heavy atom. The van der Waals surface area contributed by atoms with Crippen LogP contribution in [0.5, 0.6) is 0 Å². The molecule has 1 heterocycles. The van der Waals surface area contributed by atoms with E-state index in [4.69, 9.17) is 12.2 Å². The average molecular weight is 388 g/mol. The predicted octanol–water partition coefficient (Wildman–Crippen LogP) is 2.59. The standard InChI is InChI=1S/C19H21FN4O2S/c1-11(10-21)12(2)23-17(26)19(7-4-8-19)24(18(23)27)13-5-6-14(15(20)9-13)16(25)22-3/h5-6,9,11-12H,4,7-8H2,1-3H3,(H,22,25)/t11?,12-/m0/s1. The molecule has 2 aliphatic rings. The summed E-state index contributed by atoms with van der Waals surface area (Å²) in [6, 6.07) is 6.02. The molecule has 2 amide bonds. The number of nitrogens with one attached hydrogen (secondary N) is 1. The van der Waals surface area contributed by atoms with Gasteiger partial charge < -0.3 is 10.2 Å². The van der Waals surface area contributed by atoms with Crippen LogP contribution < -0.4 is 10.2 Å². The molecular formula is C19H21FN4O2S. The van der Waals surface area contributed by atoms with Crippen LogP contribution in [0.3, 0.4) is 0 Å².